The number of carbonyl (C=O) groups is 1. The summed E-state index contributed by atoms with van der Waals surface area (Å²) in [5.74, 6) is 0.970. The largest absolute Gasteiger partial charge is 0.489 e. The normalized spacial score (nSPS) is 10.7. The third kappa shape index (κ3) is 5.06. The van der Waals surface area contributed by atoms with Crippen LogP contribution in [0.2, 0.25) is 5.02 Å². The van der Waals surface area contributed by atoms with Crippen LogP contribution in [0, 0.1) is 0 Å². The number of Topliss-reactive ketones (excluding diaryl/α,β-unsaturated/α-hetero) is 1. The van der Waals surface area contributed by atoms with Gasteiger partial charge >= 0.3 is 0 Å². The molecule has 21 heavy (non-hydrogen) atoms. The van der Waals surface area contributed by atoms with Crippen LogP contribution in [0.1, 0.15) is 24.2 Å². The number of hydrogen-bond acceptors (Lipinski definition) is 4. The van der Waals surface area contributed by atoms with E-state index < -0.39 is 0 Å². The zero-order valence-corrected chi connectivity index (χ0v) is 13.4. The number of rotatable bonds is 6. The van der Waals surface area contributed by atoms with E-state index in [9.17, 15) is 4.79 Å². The van der Waals surface area contributed by atoms with Gasteiger partial charge in [0, 0.05) is 21.7 Å². The van der Waals surface area contributed by atoms with E-state index >= 15 is 0 Å². The van der Waals surface area contributed by atoms with Gasteiger partial charge in [-0.2, -0.15) is 0 Å². The second kappa shape index (κ2) is 7.48. The van der Waals surface area contributed by atoms with E-state index in [4.69, 9.17) is 16.3 Å². The summed E-state index contributed by atoms with van der Waals surface area (Å²) < 4.78 is 5.54. The predicted molar refractivity (Wildman–Crippen MR) is 86.5 cm³/mol. The quantitative estimate of drug-likeness (QED) is 0.580. The average Bonchev–Trinajstić information content (AvgIpc) is 2.44. The molecule has 0 aliphatic rings. The van der Waals surface area contributed by atoms with E-state index in [0.717, 1.165) is 4.90 Å². The Bertz CT molecular complexity index is 631. The number of ether oxygens (including phenoxy) is 1. The molecular formula is C16H16ClNO2S. The smallest absolute Gasteiger partial charge is 0.174 e. The first-order valence-electron chi connectivity index (χ1n) is 6.58. The fraction of sp³-hybridized carbons (Fsp3) is 0.250. The van der Waals surface area contributed by atoms with Crippen molar-refractivity contribution < 1.29 is 9.53 Å². The maximum absolute atomic E-state index is 12.2. The molecule has 0 saturated heterocycles. The SMILES string of the molecule is CC(C)Oc1cncc(C(=O)CSc2cccc(Cl)c2)c1. The van der Waals surface area contributed by atoms with Crippen molar-refractivity contribution in [2.75, 3.05) is 5.75 Å². The van der Waals surface area contributed by atoms with Crippen LogP contribution in [0.25, 0.3) is 0 Å². The minimum Gasteiger partial charge on any atom is -0.489 e. The molecule has 0 aliphatic heterocycles. The number of thioether (sulfide) groups is 1. The summed E-state index contributed by atoms with van der Waals surface area (Å²) in [6.45, 7) is 3.87. The fourth-order valence-corrected chi connectivity index (χ4v) is 2.80. The summed E-state index contributed by atoms with van der Waals surface area (Å²) in [6.07, 6.45) is 3.23. The lowest BCUT2D eigenvalue weighted by atomic mass is 10.2. The van der Waals surface area contributed by atoms with Crippen molar-refractivity contribution in [3.05, 3.63) is 53.3 Å². The minimum absolute atomic E-state index is 0.0154. The van der Waals surface area contributed by atoms with Crippen molar-refractivity contribution in [3.63, 3.8) is 0 Å². The van der Waals surface area contributed by atoms with E-state index in [0.29, 0.717) is 22.1 Å². The first kappa shape index (κ1) is 15.9. The molecule has 0 fully saturated rings. The molecule has 2 rings (SSSR count). The number of pyridine rings is 1. The molecule has 1 heterocycles. The standard InChI is InChI=1S/C16H16ClNO2S/c1-11(2)20-14-6-12(8-18-9-14)16(19)10-21-15-5-3-4-13(17)7-15/h3-9,11H,10H2,1-2H3. The van der Waals surface area contributed by atoms with Gasteiger partial charge in [-0.25, -0.2) is 0 Å². The Hall–Kier alpha value is -1.52. The highest BCUT2D eigenvalue weighted by Crippen LogP contribution is 2.23. The lowest BCUT2D eigenvalue weighted by Crippen LogP contribution is -2.08. The highest BCUT2D eigenvalue weighted by Gasteiger charge is 2.09. The Morgan fingerprint density at radius 1 is 1.33 bits per heavy atom. The van der Waals surface area contributed by atoms with Gasteiger partial charge in [0.15, 0.2) is 5.78 Å². The summed E-state index contributed by atoms with van der Waals surface area (Å²) >= 11 is 7.38. The summed E-state index contributed by atoms with van der Waals surface area (Å²) in [7, 11) is 0. The van der Waals surface area contributed by atoms with Crippen LogP contribution in [-0.4, -0.2) is 22.6 Å². The molecule has 2 aromatic rings. The van der Waals surface area contributed by atoms with Crippen molar-refractivity contribution in [1.82, 2.24) is 4.98 Å². The van der Waals surface area contributed by atoms with Gasteiger partial charge in [-0.05, 0) is 38.1 Å². The fourth-order valence-electron chi connectivity index (χ4n) is 1.70. The average molecular weight is 322 g/mol. The van der Waals surface area contributed by atoms with Crippen LogP contribution < -0.4 is 4.74 Å². The van der Waals surface area contributed by atoms with Crippen LogP contribution in [0.3, 0.4) is 0 Å². The maximum Gasteiger partial charge on any atom is 0.174 e. The van der Waals surface area contributed by atoms with Crippen LogP contribution >= 0.6 is 23.4 Å². The molecule has 0 atom stereocenters. The molecule has 0 aliphatic carbocycles. The molecule has 1 aromatic heterocycles. The Kier molecular flexibility index (Phi) is 5.65. The van der Waals surface area contributed by atoms with Gasteiger partial charge in [0.1, 0.15) is 5.75 Å². The monoisotopic (exact) mass is 321 g/mol. The maximum atomic E-state index is 12.2. The Labute approximate surface area is 133 Å². The van der Waals surface area contributed by atoms with Crippen molar-refractivity contribution >= 4 is 29.1 Å². The number of hydrogen-bond donors (Lipinski definition) is 0. The van der Waals surface area contributed by atoms with Crippen LogP contribution in [-0.2, 0) is 0 Å². The molecule has 110 valence electrons. The van der Waals surface area contributed by atoms with Crippen molar-refractivity contribution in [2.24, 2.45) is 0 Å². The number of benzene rings is 1. The Morgan fingerprint density at radius 3 is 2.86 bits per heavy atom. The molecule has 3 nitrogen and oxygen atoms in total. The van der Waals surface area contributed by atoms with Gasteiger partial charge in [0.2, 0.25) is 0 Å². The van der Waals surface area contributed by atoms with Gasteiger partial charge in [-0.3, -0.25) is 9.78 Å². The number of halogens is 1. The molecule has 0 amide bonds. The van der Waals surface area contributed by atoms with Crippen LogP contribution in [0.5, 0.6) is 5.75 Å². The first-order valence-corrected chi connectivity index (χ1v) is 7.94. The van der Waals surface area contributed by atoms with Crippen LogP contribution in [0.4, 0.5) is 0 Å². The zero-order chi connectivity index (χ0) is 15.2. The second-order valence-corrected chi connectivity index (χ2v) is 6.23. The molecule has 0 radical (unpaired) electrons. The molecule has 5 heteroatoms. The van der Waals surface area contributed by atoms with Gasteiger partial charge in [-0.15, -0.1) is 11.8 Å². The van der Waals surface area contributed by atoms with Crippen molar-refractivity contribution in [2.45, 2.75) is 24.8 Å². The van der Waals surface area contributed by atoms with E-state index in [1.165, 1.54) is 11.8 Å². The summed E-state index contributed by atoms with van der Waals surface area (Å²) in [5, 5.41) is 0.668. The lowest BCUT2D eigenvalue weighted by Gasteiger charge is -2.10. The highest BCUT2D eigenvalue weighted by molar-refractivity contribution is 8.00. The van der Waals surface area contributed by atoms with E-state index in [1.54, 1.807) is 18.5 Å². The topological polar surface area (TPSA) is 39.2 Å². The van der Waals surface area contributed by atoms with Gasteiger partial charge in [0.25, 0.3) is 0 Å². The summed E-state index contributed by atoms with van der Waals surface area (Å²) in [4.78, 5) is 17.2. The van der Waals surface area contributed by atoms with Crippen LogP contribution in [0.15, 0.2) is 47.6 Å². The summed E-state index contributed by atoms with van der Waals surface area (Å²) in [5.41, 5.74) is 0.558. The number of nitrogens with zero attached hydrogens (tertiary/aromatic N) is 1. The van der Waals surface area contributed by atoms with Gasteiger partial charge in [0.05, 0.1) is 18.1 Å². The van der Waals surface area contributed by atoms with Gasteiger partial charge < -0.3 is 4.74 Å². The molecule has 0 bridgehead atoms. The highest BCUT2D eigenvalue weighted by atomic mass is 35.5. The van der Waals surface area contributed by atoms with E-state index in [2.05, 4.69) is 4.98 Å². The van der Waals surface area contributed by atoms with E-state index in [1.807, 2.05) is 38.1 Å². The predicted octanol–water partition coefficient (Wildman–Crippen LogP) is 4.50. The van der Waals surface area contributed by atoms with Crippen molar-refractivity contribution in [3.8, 4) is 5.75 Å². The van der Waals surface area contributed by atoms with Gasteiger partial charge in [-0.1, -0.05) is 17.7 Å². The van der Waals surface area contributed by atoms with Crippen molar-refractivity contribution in [1.29, 1.82) is 0 Å². The molecular weight excluding hydrogens is 306 g/mol. The third-order valence-corrected chi connectivity index (χ3v) is 3.80. The lowest BCUT2D eigenvalue weighted by molar-refractivity contribution is 0.102. The molecule has 0 saturated carbocycles. The zero-order valence-electron chi connectivity index (χ0n) is 11.9. The molecule has 1 aromatic carbocycles. The Balaban J connectivity index is 2.00. The summed E-state index contributed by atoms with van der Waals surface area (Å²) in [6, 6.07) is 9.18. The minimum atomic E-state index is 0.0154. The first-order chi connectivity index (χ1) is 10.0. The number of carbonyl (C=O) groups excluding carboxylic acids is 1. The van der Waals surface area contributed by atoms with E-state index in [-0.39, 0.29) is 11.9 Å². The number of ketones is 1. The number of aromatic nitrogens is 1. The second-order valence-electron chi connectivity index (χ2n) is 4.75. The third-order valence-electron chi connectivity index (χ3n) is 2.57. The molecule has 0 unspecified atom stereocenters. The molecule has 0 N–H and O–H groups in total. The molecule has 0 spiro atoms. The Morgan fingerprint density at radius 2 is 2.14 bits per heavy atom.